The van der Waals surface area contributed by atoms with Gasteiger partial charge in [-0.1, -0.05) is 60.7 Å². The molecule has 1 atom stereocenters. The number of benzene rings is 3. The average molecular weight is 330 g/mol. The third-order valence-electron chi connectivity index (χ3n) is 4.04. The first-order chi connectivity index (χ1) is 11.8. The van der Waals surface area contributed by atoms with Crippen molar-refractivity contribution >= 4 is 22.8 Å². The minimum Gasteiger partial charge on any atom is -0.311 e. The number of para-hydroxylation sites is 2. The summed E-state index contributed by atoms with van der Waals surface area (Å²) in [6.45, 7) is 2.23. The number of rotatable bonds is 4. The van der Waals surface area contributed by atoms with Gasteiger partial charge in [-0.3, -0.25) is 0 Å². The first-order valence-electron chi connectivity index (χ1n) is 8.07. The van der Waals surface area contributed by atoms with Gasteiger partial charge in [-0.2, -0.15) is 0 Å². The predicted octanol–water partition coefficient (Wildman–Crippen LogP) is 6.01. The molecule has 0 fully saturated rings. The maximum Gasteiger partial charge on any atom is 0.142 e. The Morgan fingerprint density at radius 1 is 0.792 bits per heavy atom. The molecule has 0 aliphatic heterocycles. The molecule has 0 saturated heterocycles. The Kier molecular flexibility index (Phi) is 4.09. The molecule has 0 spiro atoms. The van der Waals surface area contributed by atoms with Gasteiger partial charge >= 0.3 is 0 Å². The van der Waals surface area contributed by atoms with Gasteiger partial charge in [0.15, 0.2) is 0 Å². The zero-order chi connectivity index (χ0) is 16.4. The van der Waals surface area contributed by atoms with Crippen LogP contribution in [0, 0.1) is 0 Å². The molecule has 1 unspecified atom stereocenters. The van der Waals surface area contributed by atoms with Crippen LogP contribution in [0.3, 0.4) is 0 Å². The Labute approximate surface area is 146 Å². The van der Waals surface area contributed by atoms with Crippen LogP contribution in [0.25, 0.3) is 22.4 Å². The molecule has 3 heteroatoms. The van der Waals surface area contributed by atoms with E-state index >= 15 is 0 Å². The molecule has 0 bridgehead atoms. The molecule has 2 nitrogen and oxygen atoms in total. The fraction of sp³-hybridized carbons (Fsp3) is 0.0952. The van der Waals surface area contributed by atoms with Gasteiger partial charge in [0.25, 0.3) is 0 Å². The summed E-state index contributed by atoms with van der Waals surface area (Å²) in [5.41, 5.74) is 3.36. The number of hydrogen-bond acceptors (Lipinski definition) is 2. The molecule has 0 N–H and O–H groups in total. The second-order valence-electron chi connectivity index (χ2n) is 5.69. The highest BCUT2D eigenvalue weighted by molar-refractivity contribution is 7.99. The van der Waals surface area contributed by atoms with Gasteiger partial charge in [-0.05, 0) is 31.2 Å². The van der Waals surface area contributed by atoms with Crippen LogP contribution in [0.1, 0.15) is 12.3 Å². The largest absolute Gasteiger partial charge is 0.311 e. The summed E-state index contributed by atoms with van der Waals surface area (Å²) < 4.78 is 2.34. The summed E-state index contributed by atoms with van der Waals surface area (Å²) in [5, 5.41) is 0.245. The molecular formula is C21H18N2S. The highest BCUT2D eigenvalue weighted by Gasteiger charge is 2.17. The van der Waals surface area contributed by atoms with E-state index in [2.05, 4.69) is 84.3 Å². The molecule has 0 aliphatic rings. The monoisotopic (exact) mass is 330 g/mol. The van der Waals surface area contributed by atoms with Crippen LogP contribution in [-0.2, 0) is 0 Å². The van der Waals surface area contributed by atoms with Gasteiger partial charge in [0.05, 0.1) is 16.4 Å². The lowest BCUT2D eigenvalue weighted by atomic mass is 10.2. The minimum atomic E-state index is 0.245. The van der Waals surface area contributed by atoms with Crippen molar-refractivity contribution in [3.8, 4) is 11.4 Å². The van der Waals surface area contributed by atoms with Gasteiger partial charge in [0.1, 0.15) is 5.82 Å². The molecule has 4 rings (SSSR count). The highest BCUT2D eigenvalue weighted by Crippen LogP contribution is 2.36. The normalized spacial score (nSPS) is 12.4. The van der Waals surface area contributed by atoms with Crippen LogP contribution in [-0.4, -0.2) is 9.55 Å². The van der Waals surface area contributed by atoms with Crippen LogP contribution in [0.5, 0.6) is 0 Å². The first kappa shape index (κ1) is 15.0. The number of hydrogen-bond donors (Lipinski definition) is 0. The second-order valence-corrected chi connectivity index (χ2v) is 7.08. The Balaban J connectivity index is 1.83. The topological polar surface area (TPSA) is 17.8 Å². The zero-order valence-electron chi connectivity index (χ0n) is 13.5. The summed E-state index contributed by atoms with van der Waals surface area (Å²) in [7, 11) is 0. The van der Waals surface area contributed by atoms with Gasteiger partial charge in [-0.15, -0.1) is 11.8 Å². The van der Waals surface area contributed by atoms with Gasteiger partial charge in [0.2, 0.25) is 0 Å². The van der Waals surface area contributed by atoms with Crippen molar-refractivity contribution in [3.63, 3.8) is 0 Å². The molecule has 4 aromatic rings. The fourth-order valence-electron chi connectivity index (χ4n) is 2.95. The highest BCUT2D eigenvalue weighted by atomic mass is 32.2. The lowest BCUT2D eigenvalue weighted by molar-refractivity contribution is 0.771. The van der Waals surface area contributed by atoms with E-state index in [9.17, 15) is 0 Å². The van der Waals surface area contributed by atoms with E-state index in [1.165, 1.54) is 10.4 Å². The maximum atomic E-state index is 4.90. The first-order valence-corrected chi connectivity index (χ1v) is 8.95. The van der Waals surface area contributed by atoms with Crippen molar-refractivity contribution in [1.82, 2.24) is 9.55 Å². The van der Waals surface area contributed by atoms with Crippen molar-refractivity contribution < 1.29 is 0 Å². The standard InChI is InChI=1S/C21H18N2S/c1-16(24-18-12-6-3-7-13-18)23-20-15-9-8-14-19(20)22-21(23)17-10-4-2-5-11-17/h2-16H,1H3. The minimum absolute atomic E-state index is 0.245. The van der Waals surface area contributed by atoms with E-state index in [-0.39, 0.29) is 5.37 Å². The number of thioether (sulfide) groups is 1. The molecule has 3 aromatic carbocycles. The summed E-state index contributed by atoms with van der Waals surface area (Å²) in [6, 6.07) is 29.3. The third kappa shape index (κ3) is 2.83. The Bertz CT molecular complexity index is 945. The van der Waals surface area contributed by atoms with E-state index in [0.29, 0.717) is 0 Å². The molecule has 0 aliphatic carbocycles. The lowest BCUT2D eigenvalue weighted by Gasteiger charge is -2.17. The predicted molar refractivity (Wildman–Crippen MR) is 102 cm³/mol. The second kappa shape index (κ2) is 6.54. The Morgan fingerprint density at radius 2 is 1.42 bits per heavy atom. The molecule has 118 valence electrons. The number of imidazole rings is 1. The van der Waals surface area contributed by atoms with Crippen molar-refractivity contribution in [3.05, 3.63) is 84.9 Å². The van der Waals surface area contributed by atoms with E-state index < -0.39 is 0 Å². The van der Waals surface area contributed by atoms with Crippen molar-refractivity contribution in [1.29, 1.82) is 0 Å². The smallest absolute Gasteiger partial charge is 0.142 e. The average Bonchev–Trinajstić information content (AvgIpc) is 3.03. The van der Waals surface area contributed by atoms with Gasteiger partial charge in [0, 0.05) is 10.5 Å². The molecule has 24 heavy (non-hydrogen) atoms. The summed E-state index contributed by atoms with van der Waals surface area (Å²) in [6.07, 6.45) is 0. The van der Waals surface area contributed by atoms with Crippen LogP contribution in [0.15, 0.2) is 89.8 Å². The van der Waals surface area contributed by atoms with Crippen molar-refractivity contribution in [2.45, 2.75) is 17.2 Å². The Hall–Kier alpha value is -2.52. The van der Waals surface area contributed by atoms with E-state index in [4.69, 9.17) is 4.98 Å². The van der Waals surface area contributed by atoms with Crippen LogP contribution >= 0.6 is 11.8 Å². The van der Waals surface area contributed by atoms with Crippen molar-refractivity contribution in [2.75, 3.05) is 0 Å². The number of aromatic nitrogens is 2. The molecule has 0 saturated carbocycles. The van der Waals surface area contributed by atoms with Crippen LogP contribution in [0.2, 0.25) is 0 Å². The quantitative estimate of drug-likeness (QED) is 0.426. The Morgan fingerprint density at radius 3 is 2.17 bits per heavy atom. The van der Waals surface area contributed by atoms with Crippen molar-refractivity contribution in [2.24, 2.45) is 0 Å². The summed E-state index contributed by atoms with van der Waals surface area (Å²) >= 11 is 1.85. The lowest BCUT2D eigenvalue weighted by Crippen LogP contribution is -2.03. The molecule has 1 heterocycles. The number of nitrogens with zero attached hydrogens (tertiary/aromatic N) is 2. The molecule has 0 radical (unpaired) electrons. The SMILES string of the molecule is CC(Sc1ccccc1)n1c(-c2ccccc2)nc2ccccc21. The summed E-state index contributed by atoms with van der Waals surface area (Å²) in [5.74, 6) is 1.02. The number of fused-ring (bicyclic) bond motifs is 1. The van der Waals surface area contributed by atoms with E-state index in [1.54, 1.807) is 0 Å². The molecule has 0 amide bonds. The van der Waals surface area contributed by atoms with Gasteiger partial charge in [-0.25, -0.2) is 4.98 Å². The zero-order valence-corrected chi connectivity index (χ0v) is 14.3. The maximum absolute atomic E-state index is 4.90. The fourth-order valence-corrected chi connectivity index (χ4v) is 3.98. The van der Waals surface area contributed by atoms with E-state index in [0.717, 1.165) is 16.9 Å². The third-order valence-corrected chi connectivity index (χ3v) is 5.14. The van der Waals surface area contributed by atoms with Crippen LogP contribution in [0.4, 0.5) is 0 Å². The molecular weight excluding hydrogens is 312 g/mol. The van der Waals surface area contributed by atoms with Crippen LogP contribution < -0.4 is 0 Å². The summed E-state index contributed by atoms with van der Waals surface area (Å²) in [4.78, 5) is 6.16. The molecule has 1 aromatic heterocycles. The van der Waals surface area contributed by atoms with E-state index in [1.807, 2.05) is 23.9 Å². The van der Waals surface area contributed by atoms with Gasteiger partial charge < -0.3 is 4.57 Å².